The Kier molecular flexibility index (Phi) is 6.65. The van der Waals surface area contributed by atoms with Gasteiger partial charge in [0.2, 0.25) is 0 Å². The molecule has 0 heterocycles. The van der Waals surface area contributed by atoms with E-state index < -0.39 is 0 Å². The molecule has 0 aromatic heterocycles. The van der Waals surface area contributed by atoms with Crippen LogP contribution in [0.1, 0.15) is 24.8 Å². The van der Waals surface area contributed by atoms with E-state index in [2.05, 4.69) is 10.3 Å². The van der Waals surface area contributed by atoms with Crippen molar-refractivity contribution >= 4 is 5.96 Å². The van der Waals surface area contributed by atoms with E-state index in [9.17, 15) is 4.39 Å². The Morgan fingerprint density at radius 1 is 1.36 bits per heavy atom. The highest BCUT2D eigenvalue weighted by molar-refractivity contribution is 5.79. The van der Waals surface area contributed by atoms with E-state index >= 15 is 0 Å². The molecule has 1 aromatic rings. The normalized spacial score (nSPS) is 15.0. The van der Waals surface area contributed by atoms with Crippen LogP contribution in [0.3, 0.4) is 0 Å². The third kappa shape index (κ3) is 6.02. The number of guanidine groups is 1. The second-order valence-corrected chi connectivity index (χ2v) is 5.83. The number of ether oxygens (including phenoxy) is 1. The van der Waals surface area contributed by atoms with Crippen LogP contribution < -0.4 is 5.32 Å². The maximum absolute atomic E-state index is 12.9. The van der Waals surface area contributed by atoms with Gasteiger partial charge in [-0.15, -0.1) is 0 Å². The minimum atomic E-state index is -0.208. The molecule has 1 aliphatic carbocycles. The lowest BCUT2D eigenvalue weighted by Crippen LogP contribution is -2.39. The van der Waals surface area contributed by atoms with Crippen molar-refractivity contribution in [1.82, 2.24) is 10.2 Å². The van der Waals surface area contributed by atoms with Gasteiger partial charge in [-0.1, -0.05) is 12.1 Å². The van der Waals surface area contributed by atoms with E-state index in [1.54, 1.807) is 19.2 Å². The van der Waals surface area contributed by atoms with Crippen molar-refractivity contribution in [2.24, 2.45) is 10.9 Å². The summed E-state index contributed by atoms with van der Waals surface area (Å²) in [5, 5.41) is 3.33. The van der Waals surface area contributed by atoms with E-state index in [0.29, 0.717) is 6.54 Å². The van der Waals surface area contributed by atoms with Crippen LogP contribution >= 0.6 is 0 Å². The van der Waals surface area contributed by atoms with Crippen molar-refractivity contribution in [3.63, 3.8) is 0 Å². The summed E-state index contributed by atoms with van der Waals surface area (Å²) >= 11 is 0. The number of hydrogen-bond donors (Lipinski definition) is 1. The molecule has 0 spiro atoms. The molecule has 4 nitrogen and oxygen atoms in total. The molecule has 5 heteroatoms. The lowest BCUT2D eigenvalue weighted by atomic mass is 10.2. The molecule has 0 radical (unpaired) electrons. The van der Waals surface area contributed by atoms with Gasteiger partial charge < -0.3 is 15.0 Å². The molecule has 22 heavy (non-hydrogen) atoms. The minimum absolute atomic E-state index is 0.208. The van der Waals surface area contributed by atoms with Gasteiger partial charge in [-0.05, 0) is 42.9 Å². The first-order chi connectivity index (χ1) is 10.7. The molecule has 0 bridgehead atoms. The molecule has 0 unspecified atom stereocenters. The molecule has 0 amide bonds. The van der Waals surface area contributed by atoms with Crippen LogP contribution in [0.2, 0.25) is 0 Å². The molecular weight excluding hydrogens is 281 g/mol. The molecular formula is C17H26FN3O. The molecule has 0 atom stereocenters. The van der Waals surface area contributed by atoms with Crippen LogP contribution in [-0.2, 0) is 11.3 Å². The number of nitrogens with zero attached hydrogens (tertiary/aromatic N) is 2. The Hall–Kier alpha value is -1.62. The number of nitrogens with one attached hydrogen (secondary N) is 1. The van der Waals surface area contributed by atoms with Crippen molar-refractivity contribution in [2.45, 2.75) is 25.8 Å². The van der Waals surface area contributed by atoms with E-state index in [-0.39, 0.29) is 5.82 Å². The summed E-state index contributed by atoms with van der Waals surface area (Å²) in [4.78, 5) is 6.30. The summed E-state index contributed by atoms with van der Waals surface area (Å²) in [7, 11) is 3.75. The molecule has 0 aliphatic heterocycles. The van der Waals surface area contributed by atoms with Crippen molar-refractivity contribution < 1.29 is 9.13 Å². The standard InChI is InChI=1S/C17H26FN3O/c1-19-17(20-10-3-11-22-13-15-4-5-15)21(2)12-14-6-8-16(18)9-7-14/h6-9,15H,3-5,10-13H2,1-2H3,(H,19,20). The van der Waals surface area contributed by atoms with Gasteiger partial charge in [-0.2, -0.15) is 0 Å². The van der Waals surface area contributed by atoms with E-state index in [1.807, 2.05) is 11.9 Å². The molecule has 1 aromatic carbocycles. The van der Waals surface area contributed by atoms with Crippen LogP contribution in [0.25, 0.3) is 0 Å². The van der Waals surface area contributed by atoms with Crippen molar-refractivity contribution in [2.75, 3.05) is 33.9 Å². The summed E-state index contributed by atoms with van der Waals surface area (Å²) < 4.78 is 18.5. The summed E-state index contributed by atoms with van der Waals surface area (Å²) in [6, 6.07) is 6.56. The van der Waals surface area contributed by atoms with Gasteiger partial charge in [0, 0.05) is 40.4 Å². The molecule has 1 saturated carbocycles. The fourth-order valence-corrected chi connectivity index (χ4v) is 2.23. The molecule has 122 valence electrons. The predicted molar refractivity (Wildman–Crippen MR) is 87.4 cm³/mol. The average molecular weight is 307 g/mol. The highest BCUT2D eigenvalue weighted by Gasteiger charge is 2.20. The lowest BCUT2D eigenvalue weighted by Gasteiger charge is -2.22. The Morgan fingerprint density at radius 2 is 2.09 bits per heavy atom. The van der Waals surface area contributed by atoms with Crippen LogP contribution in [0.4, 0.5) is 4.39 Å². The van der Waals surface area contributed by atoms with E-state index in [4.69, 9.17) is 4.74 Å². The highest BCUT2D eigenvalue weighted by Crippen LogP contribution is 2.28. The van der Waals surface area contributed by atoms with Crippen molar-refractivity contribution in [3.8, 4) is 0 Å². The maximum Gasteiger partial charge on any atom is 0.193 e. The summed E-state index contributed by atoms with van der Waals surface area (Å²) in [6.07, 6.45) is 3.63. The second-order valence-electron chi connectivity index (χ2n) is 5.83. The van der Waals surface area contributed by atoms with Gasteiger partial charge in [0.05, 0.1) is 0 Å². The summed E-state index contributed by atoms with van der Waals surface area (Å²) in [5.41, 5.74) is 1.06. The van der Waals surface area contributed by atoms with Crippen LogP contribution in [-0.4, -0.2) is 44.7 Å². The molecule has 1 N–H and O–H groups in total. The SMILES string of the molecule is CN=C(NCCCOCC1CC1)N(C)Cc1ccc(F)cc1. The minimum Gasteiger partial charge on any atom is -0.381 e. The van der Waals surface area contributed by atoms with Gasteiger partial charge in [-0.25, -0.2) is 4.39 Å². The summed E-state index contributed by atoms with van der Waals surface area (Å²) in [6.45, 7) is 3.24. The Balaban J connectivity index is 1.64. The number of halogens is 1. The molecule has 1 aliphatic rings. The Bertz CT molecular complexity index is 471. The highest BCUT2D eigenvalue weighted by atomic mass is 19.1. The zero-order chi connectivity index (χ0) is 15.8. The topological polar surface area (TPSA) is 36.9 Å². The van der Waals surface area contributed by atoms with Crippen molar-refractivity contribution in [3.05, 3.63) is 35.6 Å². The number of rotatable bonds is 8. The Morgan fingerprint density at radius 3 is 2.73 bits per heavy atom. The van der Waals surface area contributed by atoms with E-state index in [0.717, 1.165) is 43.6 Å². The molecule has 1 fully saturated rings. The number of aliphatic imine (C=N–C) groups is 1. The number of hydrogen-bond acceptors (Lipinski definition) is 2. The monoisotopic (exact) mass is 307 g/mol. The maximum atomic E-state index is 12.9. The zero-order valence-electron chi connectivity index (χ0n) is 13.5. The van der Waals surface area contributed by atoms with Crippen LogP contribution in [0.5, 0.6) is 0 Å². The van der Waals surface area contributed by atoms with Gasteiger partial charge in [0.25, 0.3) is 0 Å². The molecule has 2 rings (SSSR count). The first-order valence-corrected chi connectivity index (χ1v) is 7.93. The van der Waals surface area contributed by atoms with E-state index in [1.165, 1.54) is 25.0 Å². The van der Waals surface area contributed by atoms with Gasteiger partial charge in [0.1, 0.15) is 5.82 Å². The fourth-order valence-electron chi connectivity index (χ4n) is 2.23. The average Bonchev–Trinajstić information content (AvgIpc) is 3.33. The lowest BCUT2D eigenvalue weighted by molar-refractivity contribution is 0.122. The first-order valence-electron chi connectivity index (χ1n) is 7.93. The van der Waals surface area contributed by atoms with Gasteiger partial charge in [-0.3, -0.25) is 4.99 Å². The molecule has 0 saturated heterocycles. The number of benzene rings is 1. The summed E-state index contributed by atoms with van der Waals surface area (Å²) in [5.74, 6) is 1.45. The van der Waals surface area contributed by atoms with Gasteiger partial charge >= 0.3 is 0 Å². The zero-order valence-corrected chi connectivity index (χ0v) is 13.5. The van der Waals surface area contributed by atoms with Crippen LogP contribution in [0.15, 0.2) is 29.3 Å². The Labute approximate surface area is 132 Å². The van der Waals surface area contributed by atoms with Gasteiger partial charge in [0.15, 0.2) is 5.96 Å². The second kappa shape index (κ2) is 8.73. The fraction of sp³-hybridized carbons (Fsp3) is 0.588. The van der Waals surface area contributed by atoms with Crippen molar-refractivity contribution in [1.29, 1.82) is 0 Å². The largest absolute Gasteiger partial charge is 0.381 e. The quantitative estimate of drug-likeness (QED) is 0.456. The predicted octanol–water partition coefficient (Wildman–Crippen LogP) is 2.65. The van der Waals surface area contributed by atoms with Crippen LogP contribution in [0, 0.1) is 11.7 Å². The first kappa shape index (κ1) is 16.7. The third-order valence-electron chi connectivity index (χ3n) is 3.71. The smallest absolute Gasteiger partial charge is 0.193 e. The third-order valence-corrected chi connectivity index (χ3v) is 3.71.